The van der Waals surface area contributed by atoms with Gasteiger partial charge in [0.2, 0.25) is 0 Å². The zero-order chi connectivity index (χ0) is 35.3. The van der Waals surface area contributed by atoms with Gasteiger partial charge in [0.05, 0.1) is 0 Å². The van der Waals surface area contributed by atoms with Crippen LogP contribution in [0.4, 0.5) is 0 Å². The van der Waals surface area contributed by atoms with Crippen LogP contribution in [0.1, 0.15) is 0 Å². The van der Waals surface area contributed by atoms with Crippen molar-refractivity contribution in [3.05, 3.63) is 182 Å². The molecule has 0 aliphatic rings. The van der Waals surface area contributed by atoms with Gasteiger partial charge in [0.25, 0.3) is 0 Å². The summed E-state index contributed by atoms with van der Waals surface area (Å²) in [6, 6.07) is 67.8. The van der Waals surface area contributed by atoms with Crippen molar-refractivity contribution in [2.45, 2.75) is 0 Å². The lowest BCUT2D eigenvalue weighted by Gasteiger charge is -2.18. The van der Waals surface area contributed by atoms with Gasteiger partial charge in [-0.3, -0.25) is 0 Å². The molecule has 0 unspecified atom stereocenters. The van der Waals surface area contributed by atoms with E-state index in [0.717, 1.165) is 0 Å². The molecule has 2 aromatic heterocycles. The second-order valence-corrected chi connectivity index (χ2v) is 16.6. The number of hydrogen-bond acceptors (Lipinski definition) is 2. The standard InChI is InChI=1S/C52H30S2/c1-2-11-35-27-37(22-19-31(35)9-1)51-42-15-7-5-13-40(42)50(41-14-6-8-16-43(41)51)34-20-17-32(18-21-34)36-23-25-39-44-29-49-45(30-48(44)54-47(39)28-36)52-38-12-4-3-10-33(38)24-26-46(52)53-49/h1-30H. The van der Waals surface area contributed by atoms with E-state index < -0.39 is 0 Å². The summed E-state index contributed by atoms with van der Waals surface area (Å²) in [5.41, 5.74) is 7.56. The van der Waals surface area contributed by atoms with Crippen LogP contribution in [0.5, 0.6) is 0 Å². The predicted octanol–water partition coefficient (Wildman–Crippen LogP) is 16.0. The van der Waals surface area contributed by atoms with Crippen LogP contribution in [0, 0.1) is 0 Å². The summed E-state index contributed by atoms with van der Waals surface area (Å²) < 4.78 is 5.40. The fraction of sp³-hybridized carbons (Fsp3) is 0. The molecule has 2 heteroatoms. The summed E-state index contributed by atoms with van der Waals surface area (Å²) in [6.45, 7) is 0. The molecule has 0 saturated carbocycles. The average molecular weight is 719 g/mol. The first-order valence-electron chi connectivity index (χ1n) is 18.5. The Bertz CT molecular complexity index is 3430. The van der Waals surface area contributed by atoms with Crippen LogP contribution in [-0.2, 0) is 0 Å². The minimum atomic E-state index is 1.23. The first kappa shape index (κ1) is 30.2. The first-order valence-corrected chi connectivity index (χ1v) is 20.1. The van der Waals surface area contributed by atoms with Crippen molar-refractivity contribution in [1.29, 1.82) is 0 Å². The molecule has 54 heavy (non-hydrogen) atoms. The summed E-state index contributed by atoms with van der Waals surface area (Å²) in [4.78, 5) is 0. The smallest absolute Gasteiger partial charge is 0.0362 e. The van der Waals surface area contributed by atoms with Crippen LogP contribution in [0.2, 0.25) is 0 Å². The number of rotatable bonds is 3. The highest BCUT2D eigenvalue weighted by molar-refractivity contribution is 7.27. The van der Waals surface area contributed by atoms with Crippen LogP contribution < -0.4 is 0 Å². The second kappa shape index (κ2) is 11.6. The van der Waals surface area contributed by atoms with Crippen molar-refractivity contribution in [3.8, 4) is 33.4 Å². The van der Waals surface area contributed by atoms with Gasteiger partial charge in [-0.2, -0.15) is 0 Å². The highest BCUT2D eigenvalue weighted by Crippen LogP contribution is 2.46. The Kier molecular flexibility index (Phi) is 6.48. The molecule has 0 fully saturated rings. The van der Waals surface area contributed by atoms with Crippen molar-refractivity contribution in [2.75, 3.05) is 0 Å². The number of thiophene rings is 2. The Morgan fingerprint density at radius 3 is 1.48 bits per heavy atom. The predicted molar refractivity (Wildman–Crippen MR) is 239 cm³/mol. The fourth-order valence-corrected chi connectivity index (χ4v) is 11.2. The molecule has 0 aliphatic heterocycles. The normalized spacial score (nSPS) is 12.1. The van der Waals surface area contributed by atoms with Gasteiger partial charge in [0.1, 0.15) is 0 Å². The Hall–Kier alpha value is -6.32. The number of benzene rings is 10. The zero-order valence-electron chi connectivity index (χ0n) is 29.1. The highest BCUT2D eigenvalue weighted by Gasteiger charge is 2.18. The lowest BCUT2D eigenvalue weighted by molar-refractivity contribution is 1.63. The molecule has 250 valence electrons. The largest absolute Gasteiger partial charge is 0.135 e. The third-order valence-corrected chi connectivity index (χ3v) is 13.7. The van der Waals surface area contributed by atoms with E-state index in [1.807, 2.05) is 22.7 Å². The van der Waals surface area contributed by atoms with Gasteiger partial charge in [-0.1, -0.05) is 152 Å². The van der Waals surface area contributed by atoms with E-state index in [-0.39, 0.29) is 0 Å². The van der Waals surface area contributed by atoms with Crippen molar-refractivity contribution in [3.63, 3.8) is 0 Å². The molecule has 0 radical (unpaired) electrons. The molecule has 0 saturated heterocycles. The van der Waals surface area contributed by atoms with Crippen molar-refractivity contribution in [1.82, 2.24) is 0 Å². The number of hydrogen-bond donors (Lipinski definition) is 0. The van der Waals surface area contributed by atoms with Gasteiger partial charge < -0.3 is 0 Å². The second-order valence-electron chi connectivity index (χ2n) is 14.4. The molecule has 0 atom stereocenters. The summed E-state index contributed by atoms with van der Waals surface area (Å²) in [5, 5.41) is 15.7. The molecule has 0 aliphatic carbocycles. The van der Waals surface area contributed by atoms with Crippen molar-refractivity contribution >= 4 is 106 Å². The third kappa shape index (κ3) is 4.48. The van der Waals surface area contributed by atoms with Crippen LogP contribution in [0.25, 0.3) is 117 Å². The van der Waals surface area contributed by atoms with Crippen molar-refractivity contribution < 1.29 is 0 Å². The summed E-state index contributed by atoms with van der Waals surface area (Å²) in [7, 11) is 0. The Balaban J connectivity index is 0.973. The van der Waals surface area contributed by atoms with Crippen LogP contribution >= 0.6 is 22.7 Å². The van der Waals surface area contributed by atoms with E-state index >= 15 is 0 Å². The molecular weight excluding hydrogens is 689 g/mol. The summed E-state index contributed by atoms with van der Waals surface area (Å²) in [5.74, 6) is 0. The lowest BCUT2D eigenvalue weighted by atomic mass is 9.85. The first-order chi connectivity index (χ1) is 26.7. The molecule has 0 nitrogen and oxygen atoms in total. The molecule has 2 heterocycles. The van der Waals surface area contributed by atoms with Gasteiger partial charge in [0.15, 0.2) is 0 Å². The van der Waals surface area contributed by atoms with E-state index in [1.165, 1.54) is 117 Å². The summed E-state index contributed by atoms with van der Waals surface area (Å²) >= 11 is 3.82. The van der Waals surface area contributed by atoms with E-state index in [4.69, 9.17) is 0 Å². The molecule has 0 bridgehead atoms. The SMILES string of the molecule is c1ccc2cc(-c3c4ccccc4c(-c4ccc(-c5ccc6c(c5)sc5cc7c(cc56)sc5ccc6ccccc6c57)cc4)c4ccccc34)ccc2c1. The molecule has 12 aromatic rings. The van der Waals surface area contributed by atoms with Crippen LogP contribution in [-0.4, -0.2) is 0 Å². The van der Waals surface area contributed by atoms with Gasteiger partial charge in [-0.25, -0.2) is 0 Å². The molecule has 12 rings (SSSR count). The van der Waals surface area contributed by atoms with E-state index in [1.54, 1.807) is 0 Å². The molecule has 0 spiro atoms. The quantitative estimate of drug-likeness (QED) is 0.160. The minimum Gasteiger partial charge on any atom is -0.135 e. The number of fused-ring (bicyclic) bond motifs is 11. The molecule has 0 N–H and O–H groups in total. The van der Waals surface area contributed by atoms with Gasteiger partial charge in [0, 0.05) is 40.3 Å². The Morgan fingerprint density at radius 2 is 0.741 bits per heavy atom. The maximum absolute atomic E-state index is 2.44. The fourth-order valence-electron chi connectivity index (χ4n) is 8.92. The highest BCUT2D eigenvalue weighted by atomic mass is 32.1. The van der Waals surface area contributed by atoms with E-state index in [9.17, 15) is 0 Å². The Labute approximate surface area is 319 Å². The van der Waals surface area contributed by atoms with Crippen LogP contribution in [0.3, 0.4) is 0 Å². The van der Waals surface area contributed by atoms with Crippen LogP contribution in [0.15, 0.2) is 182 Å². The topological polar surface area (TPSA) is 0 Å². The average Bonchev–Trinajstić information content (AvgIpc) is 3.78. The summed E-state index contributed by atoms with van der Waals surface area (Å²) in [6.07, 6.45) is 0. The minimum absolute atomic E-state index is 1.23. The monoisotopic (exact) mass is 718 g/mol. The zero-order valence-corrected chi connectivity index (χ0v) is 30.8. The maximum Gasteiger partial charge on any atom is 0.0362 e. The van der Waals surface area contributed by atoms with Crippen molar-refractivity contribution in [2.24, 2.45) is 0 Å². The van der Waals surface area contributed by atoms with E-state index in [0.29, 0.717) is 0 Å². The molecule has 0 amide bonds. The van der Waals surface area contributed by atoms with Gasteiger partial charge >= 0.3 is 0 Å². The van der Waals surface area contributed by atoms with E-state index in [2.05, 4.69) is 182 Å². The lowest BCUT2D eigenvalue weighted by Crippen LogP contribution is -1.91. The molecule has 10 aromatic carbocycles. The van der Waals surface area contributed by atoms with Gasteiger partial charge in [-0.05, 0) is 107 Å². The molecular formula is C52H30S2. The third-order valence-electron chi connectivity index (χ3n) is 11.4. The Morgan fingerprint density at radius 1 is 0.241 bits per heavy atom. The van der Waals surface area contributed by atoms with Gasteiger partial charge in [-0.15, -0.1) is 22.7 Å². The maximum atomic E-state index is 2.44.